The average molecular weight is 290 g/mol. The Kier molecular flexibility index (Phi) is 4.08. The second-order valence-corrected chi connectivity index (χ2v) is 5.98. The van der Waals surface area contributed by atoms with Crippen LogP contribution in [0.4, 0.5) is 0 Å². The van der Waals surface area contributed by atoms with Crippen LogP contribution in [0, 0.1) is 0 Å². The van der Waals surface area contributed by atoms with E-state index in [9.17, 15) is 0 Å². The van der Waals surface area contributed by atoms with E-state index in [1.54, 1.807) is 0 Å². The molecule has 1 aliphatic rings. The fourth-order valence-corrected chi connectivity index (χ4v) is 3.14. The zero-order chi connectivity index (χ0) is 13.9. The zero-order valence-corrected chi connectivity index (χ0v) is 12.5. The number of rotatable bonds is 5. The third-order valence-electron chi connectivity index (χ3n) is 4.07. The molecule has 1 fully saturated rings. The fourth-order valence-electron chi connectivity index (χ4n) is 2.85. The summed E-state index contributed by atoms with van der Waals surface area (Å²) < 4.78 is 1.85. The summed E-state index contributed by atoms with van der Waals surface area (Å²) in [6.45, 7) is 0.997. The Hall–Kier alpha value is -1.32. The van der Waals surface area contributed by atoms with E-state index in [4.69, 9.17) is 11.6 Å². The van der Waals surface area contributed by atoms with E-state index in [0.29, 0.717) is 12.0 Å². The van der Waals surface area contributed by atoms with E-state index in [1.807, 2.05) is 30.1 Å². The van der Waals surface area contributed by atoms with Gasteiger partial charge in [0, 0.05) is 37.3 Å². The minimum atomic E-state index is 0.621. The Labute approximate surface area is 124 Å². The van der Waals surface area contributed by atoms with E-state index in [2.05, 4.69) is 28.6 Å². The van der Waals surface area contributed by atoms with Crippen LogP contribution >= 0.6 is 11.6 Å². The van der Waals surface area contributed by atoms with Crippen LogP contribution in [0.1, 0.15) is 30.0 Å². The fraction of sp³-hybridized carbons (Fsp3) is 0.438. The van der Waals surface area contributed by atoms with Crippen molar-refractivity contribution in [3.63, 3.8) is 0 Å². The summed E-state index contributed by atoms with van der Waals surface area (Å²) >= 11 is 6.24. The first-order valence-electron chi connectivity index (χ1n) is 7.18. The van der Waals surface area contributed by atoms with Crippen molar-refractivity contribution in [3.8, 4) is 0 Å². The molecular weight excluding hydrogens is 270 g/mol. The van der Waals surface area contributed by atoms with E-state index in [-0.39, 0.29) is 0 Å². The maximum absolute atomic E-state index is 6.24. The van der Waals surface area contributed by atoms with Crippen molar-refractivity contribution < 1.29 is 0 Å². The molecule has 0 radical (unpaired) electrons. The maximum Gasteiger partial charge on any atom is 0.0637 e. The summed E-state index contributed by atoms with van der Waals surface area (Å²) in [4.78, 5) is 0. The molecule has 1 N–H and O–H groups in total. The van der Waals surface area contributed by atoms with Gasteiger partial charge in [0.2, 0.25) is 0 Å². The molecule has 2 aromatic rings. The van der Waals surface area contributed by atoms with Gasteiger partial charge in [0.1, 0.15) is 0 Å². The highest BCUT2D eigenvalue weighted by Crippen LogP contribution is 2.39. The number of hydrogen-bond acceptors (Lipinski definition) is 2. The number of nitrogens with one attached hydrogen (secondary N) is 1. The van der Waals surface area contributed by atoms with Crippen LogP contribution in [-0.4, -0.2) is 22.4 Å². The molecule has 0 spiro atoms. The minimum Gasteiger partial charge on any atom is -0.314 e. The quantitative estimate of drug-likeness (QED) is 0.916. The van der Waals surface area contributed by atoms with Gasteiger partial charge in [0.25, 0.3) is 0 Å². The molecule has 1 heterocycles. The number of aryl methyl sites for hydroxylation is 1. The summed E-state index contributed by atoms with van der Waals surface area (Å²) in [6, 6.07) is 10.9. The molecule has 1 aliphatic carbocycles. The molecule has 0 bridgehead atoms. The number of aromatic nitrogens is 2. The topological polar surface area (TPSA) is 29.9 Å². The molecular formula is C16H20ClN3. The number of benzene rings is 1. The van der Waals surface area contributed by atoms with Crippen LogP contribution in [-0.2, 0) is 13.5 Å². The zero-order valence-electron chi connectivity index (χ0n) is 11.7. The third kappa shape index (κ3) is 3.05. The molecule has 1 aromatic heterocycles. The Morgan fingerprint density at radius 2 is 2.10 bits per heavy atom. The van der Waals surface area contributed by atoms with E-state index in [1.165, 1.54) is 18.4 Å². The van der Waals surface area contributed by atoms with Gasteiger partial charge < -0.3 is 5.32 Å². The molecule has 3 nitrogen and oxygen atoms in total. The van der Waals surface area contributed by atoms with Crippen LogP contribution in [0.2, 0.25) is 5.02 Å². The number of hydrogen-bond donors (Lipinski definition) is 1. The third-order valence-corrected chi connectivity index (χ3v) is 4.41. The smallest absolute Gasteiger partial charge is 0.0637 e. The molecule has 3 rings (SSSR count). The van der Waals surface area contributed by atoms with Crippen molar-refractivity contribution in [2.24, 2.45) is 7.05 Å². The van der Waals surface area contributed by atoms with Gasteiger partial charge in [-0.3, -0.25) is 4.68 Å². The van der Waals surface area contributed by atoms with Gasteiger partial charge in [-0.25, -0.2) is 0 Å². The maximum atomic E-state index is 6.24. The van der Waals surface area contributed by atoms with Gasteiger partial charge >= 0.3 is 0 Å². The van der Waals surface area contributed by atoms with E-state index in [0.717, 1.165) is 23.7 Å². The molecule has 0 unspecified atom stereocenters. The first-order chi connectivity index (χ1) is 9.72. The van der Waals surface area contributed by atoms with Gasteiger partial charge in [0.15, 0.2) is 0 Å². The summed E-state index contributed by atoms with van der Waals surface area (Å²) in [5.41, 5.74) is 2.46. The average Bonchev–Trinajstić information content (AvgIpc) is 2.79. The second kappa shape index (κ2) is 5.98. The highest BCUT2D eigenvalue weighted by atomic mass is 35.5. The highest BCUT2D eigenvalue weighted by molar-refractivity contribution is 6.31. The van der Waals surface area contributed by atoms with Crippen LogP contribution < -0.4 is 5.32 Å². The second-order valence-electron chi connectivity index (χ2n) is 5.57. The van der Waals surface area contributed by atoms with E-state index >= 15 is 0 Å². The Morgan fingerprint density at radius 1 is 1.30 bits per heavy atom. The van der Waals surface area contributed by atoms with Crippen LogP contribution in [0.25, 0.3) is 0 Å². The molecule has 0 saturated heterocycles. The van der Waals surface area contributed by atoms with Crippen molar-refractivity contribution >= 4 is 11.6 Å². The lowest BCUT2D eigenvalue weighted by Crippen LogP contribution is -2.41. The summed E-state index contributed by atoms with van der Waals surface area (Å²) in [5, 5.41) is 8.90. The van der Waals surface area contributed by atoms with Crippen molar-refractivity contribution in [1.82, 2.24) is 15.1 Å². The lowest BCUT2D eigenvalue weighted by atomic mass is 9.76. The molecule has 106 valence electrons. The monoisotopic (exact) mass is 289 g/mol. The number of halogens is 1. The first kappa shape index (κ1) is 13.7. The van der Waals surface area contributed by atoms with Gasteiger partial charge in [-0.05, 0) is 36.5 Å². The Balaban J connectivity index is 1.41. The molecule has 0 aliphatic heterocycles. The Morgan fingerprint density at radius 3 is 2.80 bits per heavy atom. The summed E-state index contributed by atoms with van der Waals surface area (Å²) in [6.07, 6.45) is 5.36. The normalized spacial score (nSPS) is 21.7. The van der Waals surface area contributed by atoms with Crippen LogP contribution in [0.15, 0.2) is 36.5 Å². The predicted octanol–water partition coefficient (Wildman–Crippen LogP) is 3.15. The SMILES string of the molecule is Cn1ccc(CCNC2CC(c3ccccc3Cl)C2)n1. The van der Waals surface area contributed by atoms with Gasteiger partial charge in [-0.1, -0.05) is 29.8 Å². The molecule has 1 aromatic carbocycles. The highest BCUT2D eigenvalue weighted by Gasteiger charge is 2.30. The molecule has 0 amide bonds. The summed E-state index contributed by atoms with van der Waals surface area (Å²) in [7, 11) is 1.96. The van der Waals surface area contributed by atoms with Gasteiger partial charge in [0.05, 0.1) is 5.69 Å². The predicted molar refractivity (Wildman–Crippen MR) is 82.1 cm³/mol. The molecule has 0 atom stereocenters. The number of nitrogens with zero attached hydrogens (tertiary/aromatic N) is 2. The molecule has 1 saturated carbocycles. The Bertz CT molecular complexity index is 573. The van der Waals surface area contributed by atoms with Gasteiger partial charge in [-0.15, -0.1) is 0 Å². The lowest BCUT2D eigenvalue weighted by molar-refractivity contribution is 0.292. The van der Waals surface area contributed by atoms with E-state index < -0.39 is 0 Å². The largest absolute Gasteiger partial charge is 0.314 e. The van der Waals surface area contributed by atoms with Crippen molar-refractivity contribution in [3.05, 3.63) is 52.8 Å². The van der Waals surface area contributed by atoms with Crippen molar-refractivity contribution in [2.45, 2.75) is 31.2 Å². The molecule has 20 heavy (non-hydrogen) atoms. The van der Waals surface area contributed by atoms with Crippen LogP contribution in [0.5, 0.6) is 0 Å². The standard InChI is InChI=1S/C16H20ClN3/c1-20-9-7-13(19-20)6-8-18-14-10-12(11-14)15-4-2-3-5-16(15)17/h2-5,7,9,12,14,18H,6,8,10-11H2,1H3. The lowest BCUT2D eigenvalue weighted by Gasteiger charge is -2.36. The molecule has 4 heteroatoms. The van der Waals surface area contributed by atoms with Crippen molar-refractivity contribution in [2.75, 3.05) is 6.54 Å². The van der Waals surface area contributed by atoms with Crippen LogP contribution in [0.3, 0.4) is 0 Å². The summed E-state index contributed by atoms with van der Waals surface area (Å²) in [5.74, 6) is 0.621. The minimum absolute atomic E-state index is 0.621. The first-order valence-corrected chi connectivity index (χ1v) is 7.56. The van der Waals surface area contributed by atoms with Gasteiger partial charge in [-0.2, -0.15) is 5.10 Å². The van der Waals surface area contributed by atoms with Crippen molar-refractivity contribution in [1.29, 1.82) is 0 Å².